The molecule has 1 heterocycles. The van der Waals surface area contributed by atoms with Crippen molar-refractivity contribution in [3.05, 3.63) is 24.3 Å². The van der Waals surface area contributed by atoms with Crippen molar-refractivity contribution in [3.8, 4) is 0 Å². The highest BCUT2D eigenvalue weighted by molar-refractivity contribution is 6.08. The van der Waals surface area contributed by atoms with Crippen LogP contribution in [0.1, 0.15) is 40.0 Å². The van der Waals surface area contributed by atoms with Crippen molar-refractivity contribution in [2.75, 3.05) is 7.11 Å². The van der Waals surface area contributed by atoms with Crippen LogP contribution in [0.4, 0.5) is 0 Å². The summed E-state index contributed by atoms with van der Waals surface area (Å²) < 4.78 is 22.3. The maximum absolute atomic E-state index is 13.9. The quantitative estimate of drug-likeness (QED) is 0.267. The average molecular weight is 458 g/mol. The number of Topliss-reactive ketones (excluding diaryl/α,β-unsaturated/α-hetero) is 1. The van der Waals surface area contributed by atoms with E-state index in [-0.39, 0.29) is 17.8 Å². The van der Waals surface area contributed by atoms with E-state index in [9.17, 15) is 24.0 Å². The van der Waals surface area contributed by atoms with Crippen LogP contribution in [0.3, 0.4) is 0 Å². The second-order valence-corrected chi connectivity index (χ2v) is 10.1. The van der Waals surface area contributed by atoms with Gasteiger partial charge in [0, 0.05) is 37.7 Å². The molecule has 0 aromatic heterocycles. The number of carbonyl (C=O) groups excluding carboxylic acids is 5. The van der Waals surface area contributed by atoms with Crippen molar-refractivity contribution in [1.82, 2.24) is 0 Å². The molecule has 2 unspecified atom stereocenters. The zero-order valence-corrected chi connectivity index (χ0v) is 19.0. The molecule has 5 rings (SSSR count). The molecule has 0 N–H and O–H groups in total. The molecular formula is C24H26O9. The minimum Gasteiger partial charge on any atom is -0.469 e. The van der Waals surface area contributed by atoms with Gasteiger partial charge in [-0.05, 0) is 31.9 Å². The van der Waals surface area contributed by atoms with E-state index in [1.165, 1.54) is 21.0 Å². The fraction of sp³-hybridized carbons (Fsp3) is 0.625. The Kier molecular flexibility index (Phi) is 4.19. The normalized spacial score (nSPS) is 46.4. The molecule has 4 aliphatic carbocycles. The first kappa shape index (κ1) is 21.9. The zero-order valence-electron chi connectivity index (χ0n) is 19.0. The van der Waals surface area contributed by atoms with Crippen LogP contribution < -0.4 is 0 Å². The second-order valence-electron chi connectivity index (χ2n) is 10.1. The number of rotatable bonds is 3. The van der Waals surface area contributed by atoms with Crippen LogP contribution >= 0.6 is 0 Å². The van der Waals surface area contributed by atoms with Gasteiger partial charge in [-0.25, -0.2) is 0 Å². The number of methoxy groups -OCH3 is 1. The highest BCUT2D eigenvalue weighted by Gasteiger charge is 2.86. The predicted octanol–water partition coefficient (Wildman–Crippen LogP) is 1.44. The van der Waals surface area contributed by atoms with Crippen LogP contribution in [0.15, 0.2) is 24.3 Å². The highest BCUT2D eigenvalue weighted by Crippen LogP contribution is 2.77. The largest absolute Gasteiger partial charge is 0.469 e. The number of ether oxygens (including phenoxy) is 4. The summed E-state index contributed by atoms with van der Waals surface area (Å²) in [5.41, 5.74) is -5.03. The highest BCUT2D eigenvalue weighted by atomic mass is 16.6. The molecule has 176 valence electrons. The van der Waals surface area contributed by atoms with Crippen LogP contribution in [0.5, 0.6) is 0 Å². The first-order valence-corrected chi connectivity index (χ1v) is 11.0. The lowest BCUT2D eigenvalue weighted by atomic mass is 9.60. The molecule has 0 aromatic rings. The summed E-state index contributed by atoms with van der Waals surface area (Å²) >= 11 is 0. The van der Waals surface area contributed by atoms with Gasteiger partial charge >= 0.3 is 23.9 Å². The summed E-state index contributed by atoms with van der Waals surface area (Å²) in [5.74, 6) is -5.18. The lowest BCUT2D eigenvalue weighted by Gasteiger charge is -2.44. The molecule has 9 nitrogen and oxygen atoms in total. The van der Waals surface area contributed by atoms with Gasteiger partial charge in [-0.1, -0.05) is 6.58 Å². The molecule has 0 radical (unpaired) electrons. The molecule has 3 saturated carbocycles. The lowest BCUT2D eigenvalue weighted by Crippen LogP contribution is -2.52. The van der Waals surface area contributed by atoms with E-state index in [0.717, 1.165) is 0 Å². The molecule has 0 aromatic carbocycles. The molecule has 0 amide bonds. The molecule has 4 bridgehead atoms. The van der Waals surface area contributed by atoms with Crippen LogP contribution in [0.2, 0.25) is 0 Å². The second kappa shape index (κ2) is 6.33. The van der Waals surface area contributed by atoms with E-state index in [2.05, 4.69) is 6.58 Å². The Hall–Kier alpha value is -2.97. The first-order chi connectivity index (χ1) is 15.4. The average Bonchev–Trinajstić information content (AvgIpc) is 3.15. The van der Waals surface area contributed by atoms with Gasteiger partial charge < -0.3 is 18.9 Å². The lowest BCUT2D eigenvalue weighted by molar-refractivity contribution is -0.173. The third-order valence-corrected chi connectivity index (χ3v) is 8.77. The van der Waals surface area contributed by atoms with Gasteiger partial charge in [0.05, 0.1) is 18.4 Å². The number of esters is 4. The molecule has 5 aliphatic rings. The van der Waals surface area contributed by atoms with Gasteiger partial charge in [0.15, 0.2) is 5.78 Å². The smallest absolute Gasteiger partial charge is 0.317 e. The molecule has 8 atom stereocenters. The maximum Gasteiger partial charge on any atom is 0.317 e. The van der Waals surface area contributed by atoms with Crippen molar-refractivity contribution in [1.29, 1.82) is 0 Å². The van der Waals surface area contributed by atoms with E-state index < -0.39 is 69.8 Å². The molecule has 1 aliphatic heterocycles. The van der Waals surface area contributed by atoms with Gasteiger partial charge in [-0.2, -0.15) is 0 Å². The summed E-state index contributed by atoms with van der Waals surface area (Å²) in [6, 6.07) is 0. The third-order valence-electron chi connectivity index (χ3n) is 8.77. The van der Waals surface area contributed by atoms with Crippen LogP contribution in [0, 0.1) is 28.6 Å². The van der Waals surface area contributed by atoms with Gasteiger partial charge in [0.25, 0.3) is 0 Å². The molecule has 9 heteroatoms. The molecule has 1 saturated heterocycles. The Labute approximate surface area is 190 Å². The number of hydrogen-bond acceptors (Lipinski definition) is 9. The van der Waals surface area contributed by atoms with Gasteiger partial charge in [0.1, 0.15) is 22.7 Å². The topological polar surface area (TPSA) is 122 Å². The van der Waals surface area contributed by atoms with E-state index in [1.807, 2.05) is 0 Å². The van der Waals surface area contributed by atoms with Gasteiger partial charge in [-0.15, -0.1) is 0 Å². The van der Waals surface area contributed by atoms with Crippen molar-refractivity contribution in [2.24, 2.45) is 28.6 Å². The van der Waals surface area contributed by atoms with Gasteiger partial charge in [-0.3, -0.25) is 24.0 Å². The van der Waals surface area contributed by atoms with Crippen molar-refractivity contribution < 1.29 is 42.9 Å². The van der Waals surface area contributed by atoms with E-state index >= 15 is 0 Å². The fourth-order valence-electron chi connectivity index (χ4n) is 7.74. The summed E-state index contributed by atoms with van der Waals surface area (Å²) in [5, 5.41) is 0. The molecule has 1 spiro atoms. The Morgan fingerprint density at radius 3 is 2.48 bits per heavy atom. The summed E-state index contributed by atoms with van der Waals surface area (Å²) in [4.78, 5) is 64.3. The Balaban J connectivity index is 1.74. The Morgan fingerprint density at radius 1 is 1.18 bits per heavy atom. The summed E-state index contributed by atoms with van der Waals surface area (Å²) in [6.45, 7) is 8.08. The van der Waals surface area contributed by atoms with Crippen molar-refractivity contribution in [3.63, 3.8) is 0 Å². The van der Waals surface area contributed by atoms with Crippen LogP contribution in [-0.2, 0) is 42.9 Å². The van der Waals surface area contributed by atoms with E-state index in [0.29, 0.717) is 12.8 Å². The minimum absolute atomic E-state index is 0.0691. The number of fused-ring (bicyclic) bond motifs is 1. The molecule has 4 fully saturated rings. The number of hydrogen-bond donors (Lipinski definition) is 0. The standard InChI is InChI=1S/C24H26O9/c1-11-18(27)23-10-22(11,32-13(3)26)8-6-14(23)24-9-7-15(31-12(2)25)21(4,20(29)33-24)17(24)16(23)19(28)30-5/h7,9,14-17H,1,6,8,10H2,2-5H3/t14-,15+,16-,17?,21-,22+,23?,24-/m1/s1. The van der Waals surface area contributed by atoms with E-state index in [4.69, 9.17) is 18.9 Å². The van der Waals surface area contributed by atoms with Crippen LogP contribution in [-0.4, -0.2) is 54.1 Å². The molecular weight excluding hydrogens is 432 g/mol. The zero-order chi connectivity index (χ0) is 24.1. The maximum atomic E-state index is 13.9. The van der Waals surface area contributed by atoms with E-state index in [1.54, 1.807) is 19.1 Å². The monoisotopic (exact) mass is 458 g/mol. The predicted molar refractivity (Wildman–Crippen MR) is 109 cm³/mol. The Bertz CT molecular complexity index is 1070. The molecule has 33 heavy (non-hydrogen) atoms. The fourth-order valence-corrected chi connectivity index (χ4v) is 7.74. The van der Waals surface area contributed by atoms with Crippen LogP contribution in [0.25, 0.3) is 0 Å². The number of ketones is 1. The minimum atomic E-state index is -1.40. The SMILES string of the molecule is C=C1C(=O)C23C[C@@]1(OC(C)=O)CC[C@H]2[C@@]12C=C[C@H](OC(C)=O)[C@@](C)(C(=O)O1)C2[C@@H]3C(=O)OC. The first-order valence-electron chi connectivity index (χ1n) is 11.0. The Morgan fingerprint density at radius 2 is 1.88 bits per heavy atom. The van der Waals surface area contributed by atoms with Crippen molar-refractivity contribution >= 4 is 29.7 Å². The van der Waals surface area contributed by atoms with Gasteiger partial charge in [0.2, 0.25) is 0 Å². The number of carbonyl (C=O) groups is 5. The van der Waals surface area contributed by atoms with Crippen molar-refractivity contribution in [2.45, 2.75) is 57.3 Å². The third kappa shape index (κ3) is 2.25. The summed E-state index contributed by atoms with van der Waals surface area (Å²) in [7, 11) is 1.23. The summed E-state index contributed by atoms with van der Waals surface area (Å²) in [6.07, 6.45) is 3.10.